The van der Waals surface area contributed by atoms with Gasteiger partial charge in [0.25, 0.3) is 0 Å². The highest BCUT2D eigenvalue weighted by atomic mass is 32.1. The number of hydrogen-bond donors (Lipinski definition) is 0. The minimum atomic E-state index is -0.114. The summed E-state index contributed by atoms with van der Waals surface area (Å²) in [5, 5.41) is 2.03. The molecule has 0 saturated heterocycles. The highest BCUT2D eigenvalue weighted by molar-refractivity contribution is 7.09. The van der Waals surface area contributed by atoms with Crippen molar-refractivity contribution in [1.29, 1.82) is 0 Å². The second-order valence-electron chi connectivity index (χ2n) is 7.70. The summed E-state index contributed by atoms with van der Waals surface area (Å²) in [6.07, 6.45) is 0.985. The van der Waals surface area contributed by atoms with Crippen molar-refractivity contribution in [2.24, 2.45) is 11.8 Å². The number of carbonyl (C=O) groups excluding carboxylic acids is 2. The standard InChI is InChI=1S/C23H32N2O2S/c1-5-19(4)14-25(23(27)18(2)3)17-22(26)24(16-21-12-9-13-28-21)15-20-10-7-6-8-11-20/h6-13,18-19H,5,14-17H2,1-4H3. The van der Waals surface area contributed by atoms with Crippen LogP contribution in [0.25, 0.3) is 0 Å². The van der Waals surface area contributed by atoms with E-state index in [2.05, 4.69) is 13.8 Å². The van der Waals surface area contributed by atoms with Crippen molar-refractivity contribution in [3.8, 4) is 0 Å². The summed E-state index contributed by atoms with van der Waals surface area (Å²) in [6, 6.07) is 14.1. The Morgan fingerprint density at radius 3 is 2.25 bits per heavy atom. The zero-order chi connectivity index (χ0) is 20.5. The molecular weight excluding hydrogens is 368 g/mol. The van der Waals surface area contributed by atoms with Crippen LogP contribution >= 0.6 is 11.3 Å². The molecule has 0 aliphatic carbocycles. The van der Waals surface area contributed by atoms with E-state index >= 15 is 0 Å². The lowest BCUT2D eigenvalue weighted by molar-refractivity contribution is -0.143. The first kappa shape index (κ1) is 22.2. The first-order chi connectivity index (χ1) is 13.4. The quantitative estimate of drug-likeness (QED) is 0.574. The Kier molecular flexibility index (Phi) is 8.71. The third-order valence-electron chi connectivity index (χ3n) is 4.86. The fraction of sp³-hybridized carbons (Fsp3) is 0.478. The molecule has 2 rings (SSSR count). The summed E-state index contributed by atoms with van der Waals surface area (Å²) in [7, 11) is 0. The van der Waals surface area contributed by atoms with Crippen LogP contribution < -0.4 is 0 Å². The minimum Gasteiger partial charge on any atom is -0.333 e. The molecule has 0 spiro atoms. The van der Waals surface area contributed by atoms with E-state index in [9.17, 15) is 9.59 Å². The Labute approximate surface area is 173 Å². The van der Waals surface area contributed by atoms with Crippen molar-refractivity contribution in [2.45, 2.75) is 47.2 Å². The van der Waals surface area contributed by atoms with Gasteiger partial charge in [0.2, 0.25) is 11.8 Å². The molecule has 0 radical (unpaired) electrons. The van der Waals surface area contributed by atoms with Crippen LogP contribution in [0.2, 0.25) is 0 Å². The summed E-state index contributed by atoms with van der Waals surface area (Å²) >= 11 is 1.65. The lowest BCUT2D eigenvalue weighted by atomic mass is 10.1. The molecule has 0 bridgehead atoms. The lowest BCUT2D eigenvalue weighted by Crippen LogP contribution is -2.45. The molecular formula is C23H32N2O2S. The average Bonchev–Trinajstić information content (AvgIpc) is 3.20. The fourth-order valence-electron chi connectivity index (χ4n) is 2.99. The van der Waals surface area contributed by atoms with Crippen LogP contribution in [-0.4, -0.2) is 34.7 Å². The number of hydrogen-bond acceptors (Lipinski definition) is 3. The van der Waals surface area contributed by atoms with Gasteiger partial charge >= 0.3 is 0 Å². The molecule has 152 valence electrons. The van der Waals surface area contributed by atoms with E-state index in [1.165, 1.54) is 0 Å². The van der Waals surface area contributed by atoms with E-state index in [1.54, 1.807) is 16.2 Å². The van der Waals surface area contributed by atoms with Crippen molar-refractivity contribution >= 4 is 23.2 Å². The molecule has 2 amide bonds. The zero-order valence-electron chi connectivity index (χ0n) is 17.4. The van der Waals surface area contributed by atoms with E-state index in [0.717, 1.165) is 16.9 Å². The fourth-order valence-corrected chi connectivity index (χ4v) is 3.71. The molecule has 4 nitrogen and oxygen atoms in total. The SMILES string of the molecule is CCC(C)CN(CC(=O)N(Cc1ccccc1)Cc1cccs1)C(=O)C(C)C. The minimum absolute atomic E-state index is 0.00504. The summed E-state index contributed by atoms with van der Waals surface area (Å²) in [5.41, 5.74) is 1.09. The van der Waals surface area contributed by atoms with Crippen LogP contribution in [0, 0.1) is 11.8 Å². The van der Waals surface area contributed by atoms with E-state index < -0.39 is 0 Å². The van der Waals surface area contributed by atoms with Crippen LogP contribution in [0.3, 0.4) is 0 Å². The number of thiophene rings is 1. The average molecular weight is 401 g/mol. The van der Waals surface area contributed by atoms with Crippen molar-refractivity contribution < 1.29 is 9.59 Å². The number of benzene rings is 1. The smallest absolute Gasteiger partial charge is 0.242 e. The summed E-state index contributed by atoms with van der Waals surface area (Å²) in [5.74, 6) is 0.297. The Morgan fingerprint density at radius 1 is 0.964 bits per heavy atom. The summed E-state index contributed by atoms with van der Waals surface area (Å²) in [6.45, 7) is 9.90. The monoisotopic (exact) mass is 400 g/mol. The molecule has 0 aliphatic rings. The molecule has 2 aromatic rings. The van der Waals surface area contributed by atoms with Crippen molar-refractivity contribution in [3.63, 3.8) is 0 Å². The van der Waals surface area contributed by atoms with Gasteiger partial charge in [-0.15, -0.1) is 11.3 Å². The predicted octanol–water partition coefficient (Wildman–Crippen LogP) is 4.81. The molecule has 0 fully saturated rings. The molecule has 0 N–H and O–H groups in total. The topological polar surface area (TPSA) is 40.6 Å². The molecule has 1 aromatic heterocycles. The van der Waals surface area contributed by atoms with Gasteiger partial charge in [0.1, 0.15) is 0 Å². The van der Waals surface area contributed by atoms with E-state index in [4.69, 9.17) is 0 Å². The van der Waals surface area contributed by atoms with Crippen molar-refractivity contribution in [1.82, 2.24) is 9.80 Å². The number of rotatable bonds is 10. The third kappa shape index (κ3) is 6.79. The first-order valence-electron chi connectivity index (χ1n) is 10.0. The molecule has 28 heavy (non-hydrogen) atoms. The molecule has 1 aromatic carbocycles. The van der Waals surface area contributed by atoms with Gasteiger partial charge in [-0.05, 0) is 22.9 Å². The van der Waals surface area contributed by atoms with Gasteiger partial charge in [0.15, 0.2) is 0 Å². The van der Waals surface area contributed by atoms with Crippen molar-refractivity contribution in [3.05, 3.63) is 58.3 Å². The zero-order valence-corrected chi connectivity index (χ0v) is 18.2. The van der Waals surface area contributed by atoms with Crippen LogP contribution in [0.5, 0.6) is 0 Å². The Hall–Kier alpha value is -2.14. The van der Waals surface area contributed by atoms with Crippen LogP contribution in [0.15, 0.2) is 47.8 Å². The van der Waals surface area contributed by atoms with E-state index in [0.29, 0.717) is 25.6 Å². The number of carbonyl (C=O) groups is 2. The van der Waals surface area contributed by atoms with E-state index in [1.807, 2.05) is 66.6 Å². The third-order valence-corrected chi connectivity index (χ3v) is 5.72. The van der Waals surface area contributed by atoms with Crippen LogP contribution in [0.4, 0.5) is 0 Å². The van der Waals surface area contributed by atoms with Gasteiger partial charge in [0, 0.05) is 23.9 Å². The van der Waals surface area contributed by atoms with Gasteiger partial charge in [-0.1, -0.05) is 70.5 Å². The highest BCUT2D eigenvalue weighted by Gasteiger charge is 2.24. The van der Waals surface area contributed by atoms with Gasteiger partial charge in [-0.2, -0.15) is 0 Å². The maximum atomic E-state index is 13.2. The Balaban J connectivity index is 2.16. The van der Waals surface area contributed by atoms with Crippen LogP contribution in [-0.2, 0) is 22.7 Å². The van der Waals surface area contributed by atoms with Crippen LogP contribution in [0.1, 0.15) is 44.6 Å². The van der Waals surface area contributed by atoms with Gasteiger partial charge in [-0.25, -0.2) is 0 Å². The Morgan fingerprint density at radius 2 is 1.68 bits per heavy atom. The molecule has 1 atom stereocenters. The summed E-state index contributed by atoms with van der Waals surface area (Å²) < 4.78 is 0. The molecule has 5 heteroatoms. The molecule has 0 aliphatic heterocycles. The molecule has 0 saturated carbocycles. The maximum Gasteiger partial charge on any atom is 0.242 e. The molecule has 1 heterocycles. The van der Waals surface area contributed by atoms with Gasteiger partial charge in [-0.3, -0.25) is 9.59 Å². The normalized spacial score (nSPS) is 12.0. The maximum absolute atomic E-state index is 13.2. The number of amides is 2. The van der Waals surface area contributed by atoms with Crippen molar-refractivity contribution in [2.75, 3.05) is 13.1 Å². The number of nitrogens with zero attached hydrogens (tertiary/aromatic N) is 2. The second kappa shape index (κ2) is 11.0. The first-order valence-corrected chi connectivity index (χ1v) is 10.9. The Bertz CT molecular complexity index is 728. The summed E-state index contributed by atoms with van der Waals surface area (Å²) in [4.78, 5) is 30.7. The lowest BCUT2D eigenvalue weighted by Gasteiger charge is -2.30. The predicted molar refractivity (Wildman–Crippen MR) is 116 cm³/mol. The van der Waals surface area contributed by atoms with Gasteiger partial charge in [0.05, 0.1) is 13.1 Å². The molecule has 1 unspecified atom stereocenters. The largest absolute Gasteiger partial charge is 0.333 e. The van der Waals surface area contributed by atoms with Gasteiger partial charge < -0.3 is 9.80 Å². The highest BCUT2D eigenvalue weighted by Crippen LogP contribution is 2.16. The second-order valence-corrected chi connectivity index (χ2v) is 8.73. The van der Waals surface area contributed by atoms with E-state index in [-0.39, 0.29) is 24.3 Å².